The monoisotopic (exact) mass is 296 g/mol. The van der Waals surface area contributed by atoms with Gasteiger partial charge in [-0.25, -0.2) is 0 Å². The molecule has 0 radical (unpaired) electrons. The molecule has 0 aromatic rings. The van der Waals surface area contributed by atoms with Gasteiger partial charge in [-0.05, 0) is 27.9 Å². The van der Waals surface area contributed by atoms with E-state index in [1.165, 1.54) is 6.54 Å². The van der Waals surface area contributed by atoms with Crippen LogP contribution in [0.3, 0.4) is 0 Å². The normalized spacial score (nSPS) is 40.8. The summed E-state index contributed by atoms with van der Waals surface area (Å²) in [7, 11) is 4.43. The van der Waals surface area contributed by atoms with Gasteiger partial charge in [-0.3, -0.25) is 9.80 Å². The number of alkyl halides is 1. The molecule has 1 aliphatic rings. The third-order valence-corrected chi connectivity index (χ3v) is 5.11. The van der Waals surface area contributed by atoms with E-state index in [1.807, 2.05) is 0 Å². The lowest BCUT2D eigenvalue weighted by Crippen LogP contribution is -2.69. The number of hydrogen-bond acceptors (Lipinski definition) is 2. The smallest absolute Gasteiger partial charge is 0.0502 e. The predicted octanol–water partition coefficient (Wildman–Crippen LogP) is 2.04. The van der Waals surface area contributed by atoms with E-state index in [0.29, 0.717) is 17.5 Å². The van der Waals surface area contributed by atoms with E-state index in [4.69, 9.17) is 0 Å². The average Bonchev–Trinajstić information content (AvgIpc) is 2.14. The molecule has 0 aromatic carbocycles. The molecule has 1 unspecified atom stereocenters. The Morgan fingerprint density at radius 1 is 1.38 bits per heavy atom. The number of halogens is 1. The van der Waals surface area contributed by atoms with Crippen LogP contribution < -0.4 is 0 Å². The van der Waals surface area contributed by atoms with Crippen LogP contribution in [-0.4, -0.2) is 47.1 Å². The minimum Gasteiger partial charge on any atom is -0.300 e. The molecule has 13 heavy (non-hydrogen) atoms. The van der Waals surface area contributed by atoms with Crippen molar-refractivity contribution in [1.29, 1.82) is 0 Å². The first-order valence-corrected chi connectivity index (χ1v) is 6.42. The third kappa shape index (κ3) is 1.88. The molecule has 1 rings (SSSR count). The fourth-order valence-electron chi connectivity index (χ4n) is 2.42. The Balaban J connectivity index is 2.57. The molecule has 3 atom stereocenters. The Morgan fingerprint density at radius 2 is 1.85 bits per heavy atom. The molecule has 0 spiro atoms. The largest absolute Gasteiger partial charge is 0.300 e. The minimum atomic E-state index is 0.481. The van der Waals surface area contributed by atoms with Gasteiger partial charge in [-0.2, -0.15) is 0 Å². The Morgan fingerprint density at radius 3 is 2.23 bits per heavy atom. The molecule has 1 fully saturated rings. The van der Waals surface area contributed by atoms with Crippen molar-refractivity contribution in [2.24, 2.45) is 5.41 Å². The second-order valence-electron chi connectivity index (χ2n) is 4.66. The van der Waals surface area contributed by atoms with Gasteiger partial charge in [0, 0.05) is 24.0 Å². The van der Waals surface area contributed by atoms with Gasteiger partial charge in [0.1, 0.15) is 0 Å². The lowest BCUT2D eigenvalue weighted by atomic mass is 9.67. The van der Waals surface area contributed by atoms with Crippen molar-refractivity contribution in [2.75, 3.05) is 25.2 Å². The maximum Gasteiger partial charge on any atom is 0.0502 e. The highest BCUT2D eigenvalue weighted by molar-refractivity contribution is 14.1. The van der Waals surface area contributed by atoms with E-state index >= 15 is 0 Å². The standard InChI is InChI=1S/C10H21IN2/c1-8-10(3,6-12(4)7-11)9(2)13(8)5/h8-9H,6-7H2,1-5H3/t8-,9+,10?. The van der Waals surface area contributed by atoms with Crippen LogP contribution in [0.4, 0.5) is 0 Å². The molecule has 78 valence electrons. The predicted molar refractivity (Wildman–Crippen MR) is 66.3 cm³/mol. The molecule has 0 saturated carbocycles. The summed E-state index contributed by atoms with van der Waals surface area (Å²) in [4.78, 5) is 4.86. The summed E-state index contributed by atoms with van der Waals surface area (Å²) in [5.74, 6) is 0. The molecule has 3 heteroatoms. The van der Waals surface area contributed by atoms with Crippen molar-refractivity contribution in [3.05, 3.63) is 0 Å². The van der Waals surface area contributed by atoms with Crippen molar-refractivity contribution < 1.29 is 0 Å². The van der Waals surface area contributed by atoms with Gasteiger partial charge in [-0.15, -0.1) is 0 Å². The SMILES string of the molecule is C[C@@H]1N(C)[C@H](C)C1(C)CN(C)CI. The highest BCUT2D eigenvalue weighted by atomic mass is 127. The number of nitrogens with zero attached hydrogens (tertiary/aromatic N) is 2. The fraction of sp³-hybridized carbons (Fsp3) is 1.00. The molecule has 1 aliphatic heterocycles. The van der Waals surface area contributed by atoms with E-state index in [2.05, 4.69) is 67.3 Å². The van der Waals surface area contributed by atoms with Crippen molar-refractivity contribution >= 4 is 22.6 Å². The topological polar surface area (TPSA) is 6.48 Å². The van der Waals surface area contributed by atoms with Crippen LogP contribution in [0.25, 0.3) is 0 Å². The maximum atomic E-state index is 2.46. The van der Waals surface area contributed by atoms with Gasteiger partial charge in [0.25, 0.3) is 0 Å². The lowest BCUT2D eigenvalue weighted by molar-refractivity contribution is -0.104. The third-order valence-electron chi connectivity index (χ3n) is 3.95. The first-order valence-electron chi connectivity index (χ1n) is 4.90. The lowest BCUT2D eigenvalue weighted by Gasteiger charge is -2.60. The summed E-state index contributed by atoms with van der Waals surface area (Å²) < 4.78 is 1.12. The fourth-order valence-corrected chi connectivity index (χ4v) is 2.66. The summed E-state index contributed by atoms with van der Waals surface area (Å²) in [6, 6.07) is 1.43. The van der Waals surface area contributed by atoms with Crippen LogP contribution in [0.5, 0.6) is 0 Å². The number of rotatable bonds is 3. The molecule has 0 amide bonds. The summed E-state index contributed by atoms with van der Waals surface area (Å²) in [5.41, 5.74) is 0.481. The highest BCUT2D eigenvalue weighted by Gasteiger charge is 2.50. The molecule has 0 aliphatic carbocycles. The van der Waals surface area contributed by atoms with Crippen LogP contribution in [0.15, 0.2) is 0 Å². The maximum absolute atomic E-state index is 2.46. The Labute approximate surface area is 95.8 Å². The zero-order valence-electron chi connectivity index (χ0n) is 9.34. The second-order valence-corrected chi connectivity index (χ2v) is 5.34. The minimum absolute atomic E-state index is 0.481. The van der Waals surface area contributed by atoms with Gasteiger partial charge >= 0.3 is 0 Å². The van der Waals surface area contributed by atoms with Crippen LogP contribution in [-0.2, 0) is 0 Å². The Kier molecular flexibility index (Phi) is 3.63. The molecule has 0 N–H and O–H groups in total. The van der Waals surface area contributed by atoms with Gasteiger partial charge in [-0.1, -0.05) is 29.5 Å². The first-order chi connectivity index (χ1) is 5.93. The number of hydrogen-bond donors (Lipinski definition) is 0. The van der Waals surface area contributed by atoms with Crippen LogP contribution >= 0.6 is 22.6 Å². The van der Waals surface area contributed by atoms with E-state index in [9.17, 15) is 0 Å². The molecule has 0 bridgehead atoms. The molecule has 1 saturated heterocycles. The van der Waals surface area contributed by atoms with Crippen LogP contribution in [0.1, 0.15) is 20.8 Å². The average molecular weight is 296 g/mol. The summed E-state index contributed by atoms with van der Waals surface area (Å²) in [5, 5.41) is 0. The van der Waals surface area contributed by atoms with Gasteiger partial charge in [0.05, 0.1) is 4.55 Å². The van der Waals surface area contributed by atoms with Crippen molar-refractivity contribution in [3.63, 3.8) is 0 Å². The first kappa shape index (κ1) is 11.7. The molecule has 1 heterocycles. The van der Waals surface area contributed by atoms with Crippen molar-refractivity contribution in [1.82, 2.24) is 9.80 Å². The highest BCUT2D eigenvalue weighted by Crippen LogP contribution is 2.42. The number of likely N-dealkylation sites (tertiary alicyclic amines) is 1. The van der Waals surface area contributed by atoms with Crippen LogP contribution in [0.2, 0.25) is 0 Å². The molecular formula is C10H21IN2. The van der Waals surface area contributed by atoms with Crippen molar-refractivity contribution in [3.8, 4) is 0 Å². The zero-order chi connectivity index (χ0) is 10.2. The molecule has 0 aromatic heterocycles. The van der Waals surface area contributed by atoms with E-state index < -0.39 is 0 Å². The molecule has 2 nitrogen and oxygen atoms in total. The zero-order valence-corrected chi connectivity index (χ0v) is 11.5. The van der Waals surface area contributed by atoms with Crippen molar-refractivity contribution in [2.45, 2.75) is 32.9 Å². The van der Waals surface area contributed by atoms with E-state index in [1.54, 1.807) is 0 Å². The quantitative estimate of drug-likeness (QED) is 0.447. The second kappa shape index (κ2) is 4.03. The van der Waals surface area contributed by atoms with Gasteiger partial charge < -0.3 is 0 Å². The van der Waals surface area contributed by atoms with Gasteiger partial charge in [0.15, 0.2) is 0 Å². The van der Waals surface area contributed by atoms with Gasteiger partial charge in [0.2, 0.25) is 0 Å². The molecular weight excluding hydrogens is 275 g/mol. The summed E-state index contributed by atoms with van der Waals surface area (Å²) >= 11 is 2.43. The summed E-state index contributed by atoms with van der Waals surface area (Å²) in [6.07, 6.45) is 0. The summed E-state index contributed by atoms with van der Waals surface area (Å²) in [6.45, 7) is 8.29. The van der Waals surface area contributed by atoms with E-state index in [-0.39, 0.29) is 0 Å². The van der Waals surface area contributed by atoms with E-state index in [0.717, 1.165) is 4.55 Å². The van der Waals surface area contributed by atoms with Crippen LogP contribution in [0, 0.1) is 5.41 Å². The Bertz CT molecular complexity index is 174. The Hall–Kier alpha value is 0.650.